The van der Waals surface area contributed by atoms with E-state index in [0.29, 0.717) is 5.69 Å². The van der Waals surface area contributed by atoms with E-state index in [1.807, 2.05) is 43.3 Å². The van der Waals surface area contributed by atoms with Gasteiger partial charge in [-0.1, -0.05) is 16.8 Å². The Kier molecular flexibility index (Phi) is 3.71. The number of carboxylic acids is 1. The number of aliphatic carboxylic acids is 1. The summed E-state index contributed by atoms with van der Waals surface area (Å²) < 4.78 is 1.44. The van der Waals surface area contributed by atoms with Crippen LogP contribution in [-0.4, -0.2) is 40.2 Å². The van der Waals surface area contributed by atoms with E-state index in [9.17, 15) is 4.79 Å². The maximum atomic E-state index is 10.8. The van der Waals surface area contributed by atoms with E-state index in [4.69, 9.17) is 16.7 Å². The van der Waals surface area contributed by atoms with Crippen molar-refractivity contribution in [1.29, 1.82) is 0 Å². The zero-order chi connectivity index (χ0) is 14.0. The summed E-state index contributed by atoms with van der Waals surface area (Å²) in [5, 5.41) is 16.6. The smallest absolute Gasteiger partial charge is 0.309 e. The van der Waals surface area contributed by atoms with E-state index >= 15 is 0 Å². The molecule has 7 heteroatoms. The van der Waals surface area contributed by atoms with Crippen molar-refractivity contribution in [2.75, 3.05) is 19.0 Å². The highest BCUT2D eigenvalue weighted by molar-refractivity contribution is 6.30. The molecule has 2 aromatic rings. The van der Waals surface area contributed by atoms with Gasteiger partial charge in [-0.15, -0.1) is 5.10 Å². The van der Waals surface area contributed by atoms with Crippen LogP contribution in [0, 0.1) is 0 Å². The van der Waals surface area contributed by atoms with Gasteiger partial charge < -0.3 is 10.0 Å². The number of aromatic nitrogens is 3. The highest BCUT2D eigenvalue weighted by Crippen LogP contribution is 2.20. The summed E-state index contributed by atoms with van der Waals surface area (Å²) in [4.78, 5) is 12.8. The molecule has 0 amide bonds. The van der Waals surface area contributed by atoms with E-state index in [2.05, 4.69) is 10.3 Å². The van der Waals surface area contributed by atoms with Crippen molar-refractivity contribution in [2.45, 2.75) is 6.42 Å². The van der Waals surface area contributed by atoms with E-state index in [1.54, 1.807) is 0 Å². The molecule has 1 aromatic carbocycles. The molecule has 0 aliphatic carbocycles. The standard InChI is InChI=1S/C12H13ClN4O2/c1-16(2)8-3-5-9(6-4-8)17-10(7-11(18)19)12(13)14-15-17/h3-6H,7H2,1-2H3,(H,18,19). The first kappa shape index (κ1) is 13.4. The molecule has 19 heavy (non-hydrogen) atoms. The van der Waals surface area contributed by atoms with Crippen LogP contribution < -0.4 is 4.90 Å². The number of hydrogen-bond acceptors (Lipinski definition) is 4. The van der Waals surface area contributed by atoms with Gasteiger partial charge in [0.15, 0.2) is 5.15 Å². The Bertz CT molecular complexity index is 592. The minimum absolute atomic E-state index is 0.110. The van der Waals surface area contributed by atoms with Gasteiger partial charge in [0.2, 0.25) is 0 Å². The number of nitrogens with zero attached hydrogens (tertiary/aromatic N) is 4. The summed E-state index contributed by atoms with van der Waals surface area (Å²) in [5.74, 6) is -0.977. The lowest BCUT2D eigenvalue weighted by Crippen LogP contribution is -2.10. The first-order valence-corrected chi connectivity index (χ1v) is 5.96. The third kappa shape index (κ3) is 2.85. The van der Waals surface area contributed by atoms with Crippen LogP contribution >= 0.6 is 11.6 Å². The minimum Gasteiger partial charge on any atom is -0.481 e. The highest BCUT2D eigenvalue weighted by Gasteiger charge is 2.15. The van der Waals surface area contributed by atoms with Crippen LogP contribution in [0.3, 0.4) is 0 Å². The van der Waals surface area contributed by atoms with Gasteiger partial charge in [-0.2, -0.15) is 0 Å². The molecule has 6 nitrogen and oxygen atoms in total. The van der Waals surface area contributed by atoms with Gasteiger partial charge in [0.05, 0.1) is 17.8 Å². The summed E-state index contributed by atoms with van der Waals surface area (Å²) in [6, 6.07) is 7.50. The average Bonchev–Trinajstić information content (AvgIpc) is 2.71. The van der Waals surface area contributed by atoms with Gasteiger partial charge in [-0.25, -0.2) is 4.68 Å². The molecule has 0 aliphatic rings. The molecule has 0 fully saturated rings. The molecule has 100 valence electrons. The molecule has 1 N–H and O–H groups in total. The Morgan fingerprint density at radius 2 is 2.00 bits per heavy atom. The van der Waals surface area contributed by atoms with E-state index < -0.39 is 5.97 Å². The molecular formula is C12H13ClN4O2. The second-order valence-electron chi connectivity index (χ2n) is 4.22. The van der Waals surface area contributed by atoms with E-state index in [-0.39, 0.29) is 11.6 Å². The summed E-state index contributed by atoms with van der Waals surface area (Å²) in [6.45, 7) is 0. The van der Waals surface area contributed by atoms with Gasteiger partial charge in [0, 0.05) is 19.8 Å². The number of carbonyl (C=O) groups is 1. The van der Waals surface area contributed by atoms with Crippen molar-refractivity contribution in [3.05, 3.63) is 35.1 Å². The Morgan fingerprint density at radius 1 is 1.37 bits per heavy atom. The topological polar surface area (TPSA) is 71.2 Å². The predicted octanol–water partition coefficient (Wildman–Crippen LogP) is 1.61. The molecule has 0 atom stereocenters. The van der Waals surface area contributed by atoms with Crippen molar-refractivity contribution in [3.63, 3.8) is 0 Å². The van der Waals surface area contributed by atoms with Crippen LogP contribution in [-0.2, 0) is 11.2 Å². The maximum absolute atomic E-state index is 10.8. The fourth-order valence-corrected chi connectivity index (χ4v) is 1.85. The zero-order valence-electron chi connectivity index (χ0n) is 10.5. The fraction of sp³-hybridized carbons (Fsp3) is 0.250. The monoisotopic (exact) mass is 280 g/mol. The highest BCUT2D eigenvalue weighted by atomic mass is 35.5. The zero-order valence-corrected chi connectivity index (χ0v) is 11.3. The summed E-state index contributed by atoms with van der Waals surface area (Å²) in [7, 11) is 3.88. The lowest BCUT2D eigenvalue weighted by Gasteiger charge is -2.13. The Morgan fingerprint density at radius 3 is 2.53 bits per heavy atom. The van der Waals surface area contributed by atoms with Gasteiger partial charge in [0.1, 0.15) is 0 Å². The lowest BCUT2D eigenvalue weighted by atomic mass is 10.2. The van der Waals surface area contributed by atoms with Crippen molar-refractivity contribution in [2.24, 2.45) is 0 Å². The Hall–Kier alpha value is -2.08. The number of benzene rings is 1. The van der Waals surface area contributed by atoms with Crippen molar-refractivity contribution < 1.29 is 9.90 Å². The molecule has 0 saturated heterocycles. The van der Waals surface area contributed by atoms with Gasteiger partial charge >= 0.3 is 5.97 Å². The number of hydrogen-bond donors (Lipinski definition) is 1. The minimum atomic E-state index is -0.977. The predicted molar refractivity (Wildman–Crippen MR) is 72.0 cm³/mol. The third-order valence-corrected chi connectivity index (χ3v) is 2.94. The van der Waals surface area contributed by atoms with Crippen molar-refractivity contribution >= 4 is 23.3 Å². The number of anilines is 1. The summed E-state index contributed by atoms with van der Waals surface area (Å²) in [5.41, 5.74) is 2.13. The van der Waals surface area contributed by atoms with E-state index in [1.165, 1.54) is 4.68 Å². The maximum Gasteiger partial charge on any atom is 0.309 e. The summed E-state index contributed by atoms with van der Waals surface area (Å²) >= 11 is 5.85. The normalized spacial score (nSPS) is 10.5. The van der Waals surface area contributed by atoms with Crippen molar-refractivity contribution in [3.8, 4) is 5.69 Å². The average molecular weight is 281 g/mol. The van der Waals surface area contributed by atoms with Gasteiger partial charge in [0.25, 0.3) is 0 Å². The third-order valence-electron chi connectivity index (χ3n) is 2.65. The summed E-state index contributed by atoms with van der Waals surface area (Å²) in [6.07, 6.45) is -0.221. The molecule has 1 heterocycles. The largest absolute Gasteiger partial charge is 0.481 e. The Balaban J connectivity index is 2.38. The van der Waals surface area contributed by atoms with Crippen molar-refractivity contribution in [1.82, 2.24) is 15.0 Å². The molecular weight excluding hydrogens is 268 g/mol. The van der Waals surface area contributed by atoms with Gasteiger partial charge in [-0.05, 0) is 24.3 Å². The molecule has 0 radical (unpaired) electrons. The van der Waals surface area contributed by atoms with Gasteiger partial charge in [-0.3, -0.25) is 4.79 Å². The number of halogens is 1. The molecule has 0 unspecified atom stereocenters. The first-order chi connectivity index (χ1) is 8.99. The molecule has 0 aliphatic heterocycles. The van der Waals surface area contributed by atoms with E-state index in [0.717, 1.165) is 11.4 Å². The van der Waals surface area contributed by atoms with Crippen LogP contribution in [0.1, 0.15) is 5.69 Å². The van der Waals surface area contributed by atoms with Crippen LogP contribution in [0.5, 0.6) is 0 Å². The second-order valence-corrected chi connectivity index (χ2v) is 4.58. The number of rotatable bonds is 4. The lowest BCUT2D eigenvalue weighted by molar-refractivity contribution is -0.136. The number of carboxylic acid groups (broad SMARTS) is 1. The van der Waals surface area contributed by atoms with Crippen LogP contribution in [0.25, 0.3) is 5.69 Å². The molecule has 0 saturated carbocycles. The molecule has 2 rings (SSSR count). The fourth-order valence-electron chi connectivity index (χ4n) is 1.67. The van der Waals surface area contributed by atoms with Crippen LogP contribution in [0.4, 0.5) is 5.69 Å². The van der Waals surface area contributed by atoms with Crippen LogP contribution in [0.15, 0.2) is 24.3 Å². The molecule has 0 spiro atoms. The SMILES string of the molecule is CN(C)c1ccc(-n2nnc(Cl)c2CC(=O)O)cc1. The second kappa shape index (κ2) is 5.27. The molecule has 0 bridgehead atoms. The Labute approximate surface area is 115 Å². The quantitative estimate of drug-likeness (QED) is 0.921. The van der Waals surface area contributed by atoms with Crippen LogP contribution in [0.2, 0.25) is 5.15 Å². The first-order valence-electron chi connectivity index (χ1n) is 5.58. The molecule has 1 aromatic heterocycles.